The zero-order valence-electron chi connectivity index (χ0n) is 17.6. The van der Waals surface area contributed by atoms with Crippen LogP contribution in [0, 0.1) is 0 Å². The van der Waals surface area contributed by atoms with Gasteiger partial charge in [-0.15, -0.1) is 10.2 Å². The van der Waals surface area contributed by atoms with Crippen molar-refractivity contribution in [2.24, 2.45) is 12.1 Å². The number of rotatable bonds is 5. The Hall–Kier alpha value is -2.35. The summed E-state index contributed by atoms with van der Waals surface area (Å²) in [4.78, 5) is 12.0. The maximum Gasteiger partial charge on any atom is 0.250 e. The Labute approximate surface area is 170 Å². The van der Waals surface area contributed by atoms with Crippen LogP contribution < -0.4 is 5.43 Å². The van der Waals surface area contributed by atoms with Crippen molar-refractivity contribution < 1.29 is 9.90 Å². The summed E-state index contributed by atoms with van der Waals surface area (Å²) in [6.45, 7) is 12.3. The van der Waals surface area contributed by atoms with Crippen LogP contribution in [0.2, 0.25) is 0 Å². The fraction of sp³-hybridized carbons (Fsp3) is 0.500. The van der Waals surface area contributed by atoms with E-state index in [1.54, 1.807) is 17.1 Å². The minimum atomic E-state index is -0.227. The molecule has 0 aliphatic carbocycles. The lowest BCUT2D eigenvalue weighted by molar-refractivity contribution is -0.118. The molecule has 152 valence electrons. The third kappa shape index (κ3) is 5.58. The number of amides is 1. The number of benzene rings is 1. The van der Waals surface area contributed by atoms with Gasteiger partial charge in [0.2, 0.25) is 0 Å². The van der Waals surface area contributed by atoms with Crippen LogP contribution in [-0.4, -0.2) is 37.7 Å². The minimum Gasteiger partial charge on any atom is -0.507 e. The molecular weight excluding hydrogens is 374 g/mol. The summed E-state index contributed by atoms with van der Waals surface area (Å²) < 4.78 is 1.75. The molecular formula is C20H29N5O2S. The Morgan fingerprint density at radius 3 is 2.25 bits per heavy atom. The largest absolute Gasteiger partial charge is 0.507 e. The second kappa shape index (κ2) is 8.34. The fourth-order valence-corrected chi connectivity index (χ4v) is 3.30. The van der Waals surface area contributed by atoms with Crippen LogP contribution >= 0.6 is 11.8 Å². The summed E-state index contributed by atoms with van der Waals surface area (Å²) >= 11 is 1.29. The number of thioether (sulfide) groups is 1. The maximum absolute atomic E-state index is 12.0. The standard InChI is InChI=1S/C20H29N5O2S/c1-19(2,3)14-8-13(9-15(17(14)27)20(4,5)6)10-21-23-16(26)11-28-18-24-22-12-25(18)7/h8-10,12,27H,11H2,1-7H3,(H,23,26). The zero-order chi connectivity index (χ0) is 21.1. The van der Waals surface area contributed by atoms with Crippen molar-refractivity contribution in [2.75, 3.05) is 5.75 Å². The van der Waals surface area contributed by atoms with Crippen LogP contribution in [0.1, 0.15) is 58.2 Å². The van der Waals surface area contributed by atoms with Crippen molar-refractivity contribution >= 4 is 23.9 Å². The number of carbonyl (C=O) groups excluding carboxylic acids is 1. The first-order valence-corrected chi connectivity index (χ1v) is 10.0. The molecule has 2 rings (SSSR count). The van der Waals surface area contributed by atoms with Crippen LogP contribution in [0.4, 0.5) is 0 Å². The van der Waals surface area contributed by atoms with Crippen molar-refractivity contribution in [3.63, 3.8) is 0 Å². The molecule has 0 unspecified atom stereocenters. The molecule has 2 N–H and O–H groups in total. The molecule has 28 heavy (non-hydrogen) atoms. The summed E-state index contributed by atoms with van der Waals surface area (Å²) in [5.41, 5.74) is 4.63. The van der Waals surface area contributed by atoms with Crippen LogP contribution in [0.25, 0.3) is 0 Å². The average Bonchev–Trinajstić information content (AvgIpc) is 2.97. The Kier molecular flexibility index (Phi) is 6.54. The van der Waals surface area contributed by atoms with Crippen LogP contribution in [-0.2, 0) is 22.7 Å². The van der Waals surface area contributed by atoms with Crippen molar-refractivity contribution in [2.45, 2.75) is 57.5 Å². The number of aryl methyl sites for hydroxylation is 1. The molecule has 1 aromatic carbocycles. The Morgan fingerprint density at radius 1 is 1.21 bits per heavy atom. The molecule has 1 heterocycles. The highest BCUT2D eigenvalue weighted by Crippen LogP contribution is 2.39. The van der Waals surface area contributed by atoms with E-state index in [-0.39, 0.29) is 22.5 Å². The molecule has 0 aliphatic heterocycles. The molecule has 8 heteroatoms. The summed E-state index contributed by atoms with van der Waals surface area (Å²) in [6.07, 6.45) is 3.19. The number of phenolic OH excluding ortho intramolecular Hbond substituents is 1. The fourth-order valence-electron chi connectivity index (χ4n) is 2.62. The van der Waals surface area contributed by atoms with E-state index < -0.39 is 0 Å². The molecule has 0 bridgehead atoms. The predicted molar refractivity (Wildman–Crippen MR) is 113 cm³/mol. The molecule has 1 aromatic heterocycles. The SMILES string of the molecule is Cn1cnnc1SCC(=O)NN=Cc1cc(C(C)(C)C)c(O)c(C(C)(C)C)c1. The van der Waals surface area contributed by atoms with E-state index in [2.05, 4.69) is 62.3 Å². The summed E-state index contributed by atoms with van der Waals surface area (Å²) in [7, 11) is 1.82. The molecule has 0 fully saturated rings. The van der Waals surface area contributed by atoms with Gasteiger partial charge in [0, 0.05) is 18.2 Å². The average molecular weight is 404 g/mol. The van der Waals surface area contributed by atoms with E-state index in [9.17, 15) is 9.90 Å². The maximum atomic E-state index is 12.0. The molecule has 0 saturated carbocycles. The van der Waals surface area contributed by atoms with Gasteiger partial charge in [0.05, 0.1) is 12.0 Å². The van der Waals surface area contributed by atoms with Gasteiger partial charge < -0.3 is 9.67 Å². The number of carbonyl (C=O) groups is 1. The first-order valence-electron chi connectivity index (χ1n) is 9.06. The molecule has 0 aliphatic rings. The van der Waals surface area contributed by atoms with Gasteiger partial charge in [0.15, 0.2) is 5.16 Å². The van der Waals surface area contributed by atoms with E-state index in [1.165, 1.54) is 11.8 Å². The number of hydrogen-bond acceptors (Lipinski definition) is 6. The molecule has 0 spiro atoms. The number of aromatic nitrogens is 3. The predicted octanol–water partition coefficient (Wildman–Crippen LogP) is 3.36. The van der Waals surface area contributed by atoms with Gasteiger partial charge in [-0.25, -0.2) is 5.43 Å². The van der Waals surface area contributed by atoms with E-state index >= 15 is 0 Å². The van der Waals surface area contributed by atoms with E-state index in [0.717, 1.165) is 16.7 Å². The van der Waals surface area contributed by atoms with Crippen molar-refractivity contribution in [1.82, 2.24) is 20.2 Å². The monoisotopic (exact) mass is 403 g/mol. The van der Waals surface area contributed by atoms with Gasteiger partial charge in [-0.2, -0.15) is 5.10 Å². The molecule has 0 radical (unpaired) electrons. The van der Waals surface area contributed by atoms with Crippen molar-refractivity contribution in [1.29, 1.82) is 0 Å². The highest BCUT2D eigenvalue weighted by atomic mass is 32.2. The van der Waals surface area contributed by atoms with Crippen molar-refractivity contribution in [3.05, 3.63) is 35.2 Å². The van der Waals surface area contributed by atoms with Crippen LogP contribution in [0.15, 0.2) is 28.7 Å². The lowest BCUT2D eigenvalue weighted by Crippen LogP contribution is -2.20. The second-order valence-corrected chi connectivity index (χ2v) is 9.71. The summed E-state index contributed by atoms with van der Waals surface area (Å²) in [5.74, 6) is 0.288. The first-order chi connectivity index (χ1) is 12.9. The first kappa shape index (κ1) is 21.9. The number of hydrogen-bond donors (Lipinski definition) is 2. The number of hydrazone groups is 1. The third-order valence-electron chi connectivity index (χ3n) is 4.15. The van der Waals surface area contributed by atoms with Gasteiger partial charge in [0.25, 0.3) is 5.91 Å². The van der Waals surface area contributed by atoms with Crippen LogP contribution in [0.5, 0.6) is 5.75 Å². The molecule has 2 aromatic rings. The van der Waals surface area contributed by atoms with Gasteiger partial charge in [0.1, 0.15) is 12.1 Å². The number of aromatic hydroxyl groups is 1. The topological polar surface area (TPSA) is 92.4 Å². The second-order valence-electron chi connectivity index (χ2n) is 8.77. The normalized spacial score (nSPS) is 12.5. The number of phenols is 1. The molecule has 0 atom stereocenters. The lowest BCUT2D eigenvalue weighted by Gasteiger charge is -2.27. The Balaban J connectivity index is 2.14. The van der Waals surface area contributed by atoms with Gasteiger partial charge in [-0.3, -0.25) is 4.79 Å². The van der Waals surface area contributed by atoms with Gasteiger partial charge in [-0.1, -0.05) is 53.3 Å². The minimum absolute atomic E-state index is 0.194. The van der Waals surface area contributed by atoms with Gasteiger partial charge >= 0.3 is 0 Å². The summed E-state index contributed by atoms with van der Waals surface area (Å²) in [6, 6.07) is 3.82. The van der Waals surface area contributed by atoms with E-state index in [0.29, 0.717) is 10.9 Å². The van der Waals surface area contributed by atoms with Gasteiger partial charge in [-0.05, 0) is 28.5 Å². The quantitative estimate of drug-likeness (QED) is 0.454. The Morgan fingerprint density at radius 2 is 1.79 bits per heavy atom. The van der Waals surface area contributed by atoms with E-state index in [4.69, 9.17) is 0 Å². The molecule has 1 amide bonds. The Bertz CT molecular complexity index is 840. The molecule has 0 saturated heterocycles. The smallest absolute Gasteiger partial charge is 0.250 e. The molecule has 7 nitrogen and oxygen atoms in total. The number of nitrogens with zero attached hydrogens (tertiary/aromatic N) is 4. The highest BCUT2D eigenvalue weighted by Gasteiger charge is 2.26. The highest BCUT2D eigenvalue weighted by molar-refractivity contribution is 7.99. The lowest BCUT2D eigenvalue weighted by atomic mass is 9.78. The zero-order valence-corrected chi connectivity index (χ0v) is 18.4. The van der Waals surface area contributed by atoms with Crippen LogP contribution in [0.3, 0.4) is 0 Å². The summed E-state index contributed by atoms with van der Waals surface area (Å²) in [5, 5.41) is 23.2. The number of nitrogens with one attached hydrogen (secondary N) is 1. The third-order valence-corrected chi connectivity index (χ3v) is 5.19. The van der Waals surface area contributed by atoms with Crippen molar-refractivity contribution in [3.8, 4) is 5.75 Å². The van der Waals surface area contributed by atoms with E-state index in [1.807, 2.05) is 19.2 Å².